The molecule has 130 valence electrons. The zero-order chi connectivity index (χ0) is 17.7. The summed E-state index contributed by atoms with van der Waals surface area (Å²) in [7, 11) is 0. The van der Waals surface area contributed by atoms with E-state index in [-0.39, 0.29) is 0 Å². The fourth-order valence-electron chi connectivity index (χ4n) is 1.91. The molecule has 0 bridgehead atoms. The third-order valence-corrected chi connectivity index (χ3v) is 4.82. The molecule has 1 aromatic heterocycles. The minimum Gasteiger partial charge on any atom is -0.481 e. The molecule has 6 heteroatoms. The highest BCUT2D eigenvalue weighted by molar-refractivity contribution is 8.01. The van der Waals surface area contributed by atoms with Gasteiger partial charge in [0, 0.05) is 42.5 Å². The van der Waals surface area contributed by atoms with Crippen LogP contribution in [-0.4, -0.2) is 39.3 Å². The molecule has 0 aliphatic rings. The van der Waals surface area contributed by atoms with Crippen LogP contribution in [0.1, 0.15) is 40.5 Å². The molecule has 0 aliphatic carbocycles. The zero-order valence-corrected chi connectivity index (χ0v) is 16.1. The predicted octanol–water partition coefficient (Wildman–Crippen LogP) is 4.91. The molecule has 0 amide bonds. The third-order valence-electron chi connectivity index (χ3n) is 2.87. The normalized spacial score (nSPS) is 11.7. The van der Waals surface area contributed by atoms with Crippen LogP contribution in [0.4, 0.5) is 0 Å². The lowest BCUT2D eigenvalue weighted by Crippen LogP contribution is -2.33. The Labute approximate surface area is 148 Å². The summed E-state index contributed by atoms with van der Waals surface area (Å²) in [6.45, 7) is 12.7. The Morgan fingerprint density at radius 2 is 2.17 bits per heavy atom. The molecule has 0 fully saturated rings. The molecule has 4 nitrogen and oxygen atoms in total. The van der Waals surface area contributed by atoms with Gasteiger partial charge in [0.15, 0.2) is 0 Å². The van der Waals surface area contributed by atoms with Crippen LogP contribution < -0.4 is 0 Å². The van der Waals surface area contributed by atoms with E-state index in [0.717, 1.165) is 42.1 Å². The first-order chi connectivity index (χ1) is 10.9. The Kier molecular flexibility index (Phi) is 12.5. The Bertz CT molecular complexity index is 469. The number of carbonyl (C=O) groups is 1. The van der Waals surface area contributed by atoms with E-state index < -0.39 is 5.97 Å². The van der Waals surface area contributed by atoms with E-state index in [1.54, 1.807) is 11.3 Å². The molecule has 1 rings (SSSR count). The van der Waals surface area contributed by atoms with E-state index >= 15 is 0 Å². The number of thioether (sulfide) groups is 1. The van der Waals surface area contributed by atoms with Gasteiger partial charge in [0.05, 0.1) is 0 Å². The predicted molar refractivity (Wildman–Crippen MR) is 101 cm³/mol. The van der Waals surface area contributed by atoms with Gasteiger partial charge in [0.1, 0.15) is 4.34 Å². The monoisotopic (exact) mass is 356 g/mol. The molecule has 23 heavy (non-hydrogen) atoms. The van der Waals surface area contributed by atoms with Crippen LogP contribution >= 0.6 is 23.1 Å². The van der Waals surface area contributed by atoms with E-state index in [4.69, 9.17) is 9.90 Å². The van der Waals surface area contributed by atoms with Gasteiger partial charge in [-0.2, -0.15) is 0 Å². The number of carboxylic acid groups (broad SMARTS) is 1. The number of rotatable bonds is 9. The molecule has 1 unspecified atom stereocenters. The third kappa shape index (κ3) is 11.0. The van der Waals surface area contributed by atoms with Gasteiger partial charge in [-0.1, -0.05) is 44.3 Å². The van der Waals surface area contributed by atoms with Crippen molar-refractivity contribution < 1.29 is 9.90 Å². The number of aromatic nitrogens is 1. The first-order valence-corrected chi connectivity index (χ1v) is 9.59. The van der Waals surface area contributed by atoms with E-state index in [2.05, 4.69) is 49.4 Å². The molecule has 0 aromatic carbocycles. The summed E-state index contributed by atoms with van der Waals surface area (Å²) in [5.41, 5.74) is 1.15. The number of nitrogens with zero attached hydrogens (tertiary/aromatic N) is 2. The van der Waals surface area contributed by atoms with Crippen molar-refractivity contribution in [3.63, 3.8) is 0 Å². The first kappa shape index (κ1) is 21.7. The number of allylic oxidation sites excluding steroid dienone is 2. The Hall–Kier alpha value is -1.27. The highest BCUT2D eigenvalue weighted by Crippen LogP contribution is 2.21. The fourth-order valence-corrected chi connectivity index (χ4v) is 3.55. The summed E-state index contributed by atoms with van der Waals surface area (Å²) in [4.78, 5) is 15.7. The van der Waals surface area contributed by atoms with Crippen molar-refractivity contribution in [2.24, 2.45) is 0 Å². The average Bonchev–Trinajstić information content (AvgIpc) is 2.98. The molecular weight excluding hydrogens is 328 g/mol. The summed E-state index contributed by atoms with van der Waals surface area (Å²) in [5, 5.41) is 9.44. The summed E-state index contributed by atoms with van der Waals surface area (Å²) >= 11 is 3.53. The maximum Gasteiger partial charge on any atom is 0.300 e. The van der Waals surface area contributed by atoms with Gasteiger partial charge in [-0.05, 0) is 19.8 Å². The van der Waals surface area contributed by atoms with Crippen LogP contribution in [0.15, 0.2) is 40.3 Å². The van der Waals surface area contributed by atoms with Gasteiger partial charge in [0.2, 0.25) is 0 Å². The first-order valence-electron chi connectivity index (χ1n) is 7.72. The number of hydrogen-bond donors (Lipinski definition) is 1. The molecule has 0 spiro atoms. The van der Waals surface area contributed by atoms with Crippen LogP contribution in [0.3, 0.4) is 0 Å². The van der Waals surface area contributed by atoms with Crippen molar-refractivity contribution >= 4 is 29.1 Å². The van der Waals surface area contributed by atoms with E-state index in [0.29, 0.717) is 6.04 Å². The number of carboxylic acids is 1. The van der Waals surface area contributed by atoms with Crippen molar-refractivity contribution in [3.8, 4) is 0 Å². The van der Waals surface area contributed by atoms with Crippen molar-refractivity contribution in [1.82, 2.24) is 9.88 Å². The second kappa shape index (κ2) is 13.2. The lowest BCUT2D eigenvalue weighted by atomic mass is 10.1. The van der Waals surface area contributed by atoms with Crippen molar-refractivity contribution in [3.05, 3.63) is 36.0 Å². The molecular formula is C17H28N2O2S2. The van der Waals surface area contributed by atoms with Crippen LogP contribution in [0.5, 0.6) is 0 Å². The molecule has 0 aliphatic heterocycles. The maximum absolute atomic E-state index is 9.00. The molecule has 1 aromatic rings. The van der Waals surface area contributed by atoms with Crippen LogP contribution in [-0.2, 0) is 4.79 Å². The average molecular weight is 357 g/mol. The zero-order valence-electron chi connectivity index (χ0n) is 14.5. The van der Waals surface area contributed by atoms with Gasteiger partial charge < -0.3 is 10.0 Å². The molecule has 1 atom stereocenters. The topological polar surface area (TPSA) is 53.4 Å². The van der Waals surface area contributed by atoms with E-state index in [9.17, 15) is 0 Å². The van der Waals surface area contributed by atoms with Gasteiger partial charge >= 0.3 is 0 Å². The minimum absolute atomic E-state index is 0.467. The Morgan fingerprint density at radius 3 is 2.61 bits per heavy atom. The second-order valence-electron chi connectivity index (χ2n) is 4.91. The number of aliphatic carboxylic acids is 1. The van der Waals surface area contributed by atoms with Gasteiger partial charge in [-0.15, -0.1) is 11.3 Å². The lowest BCUT2D eigenvalue weighted by molar-refractivity contribution is -0.134. The van der Waals surface area contributed by atoms with Crippen molar-refractivity contribution in [2.75, 3.05) is 12.3 Å². The van der Waals surface area contributed by atoms with Crippen molar-refractivity contribution in [1.29, 1.82) is 0 Å². The molecule has 0 saturated carbocycles. The highest BCUT2D eigenvalue weighted by Gasteiger charge is 2.13. The quantitative estimate of drug-likeness (QED) is 0.503. The van der Waals surface area contributed by atoms with Crippen LogP contribution in [0.25, 0.3) is 0 Å². The second-order valence-corrected chi connectivity index (χ2v) is 7.14. The maximum atomic E-state index is 9.00. The Balaban J connectivity index is 0.00000108. The smallest absolute Gasteiger partial charge is 0.300 e. The number of thiazole rings is 1. The van der Waals surface area contributed by atoms with Gasteiger partial charge in [-0.25, -0.2) is 4.98 Å². The largest absolute Gasteiger partial charge is 0.481 e. The Morgan fingerprint density at radius 1 is 1.52 bits per heavy atom. The van der Waals surface area contributed by atoms with Gasteiger partial charge in [-0.3, -0.25) is 4.79 Å². The summed E-state index contributed by atoms with van der Waals surface area (Å²) in [6.07, 6.45) is 8.63. The number of hydrogen-bond acceptors (Lipinski definition) is 5. The minimum atomic E-state index is -0.833. The lowest BCUT2D eigenvalue weighted by Gasteiger charge is -2.31. The van der Waals surface area contributed by atoms with Gasteiger partial charge in [0.25, 0.3) is 5.97 Å². The SMILES string of the molecule is C=C(C)N(CCSc1nccs1)C(/C=C/CC)CC.CC(=O)O. The molecule has 0 saturated heterocycles. The van der Waals surface area contributed by atoms with E-state index in [1.807, 2.05) is 23.3 Å². The van der Waals surface area contributed by atoms with Crippen LogP contribution in [0, 0.1) is 0 Å². The summed E-state index contributed by atoms with van der Waals surface area (Å²) < 4.78 is 1.15. The molecule has 0 radical (unpaired) electrons. The molecule has 1 heterocycles. The standard InChI is InChI=1S/C15H24N2S2.C2H4O2/c1-5-7-8-14(6-2)17(13(3)4)10-12-19-15-16-9-11-18-15;1-2(3)4/h7-9,11,14H,3,5-6,10,12H2,1-2,4H3;1H3,(H,3,4)/b8-7+;. The van der Waals surface area contributed by atoms with Crippen LogP contribution in [0.2, 0.25) is 0 Å². The summed E-state index contributed by atoms with van der Waals surface area (Å²) in [5.74, 6) is 0.219. The fraction of sp³-hybridized carbons (Fsp3) is 0.529. The molecule has 1 N–H and O–H groups in total. The van der Waals surface area contributed by atoms with E-state index in [1.165, 1.54) is 0 Å². The van der Waals surface area contributed by atoms with Crippen molar-refractivity contribution in [2.45, 2.75) is 50.9 Å². The highest BCUT2D eigenvalue weighted by atomic mass is 32.2. The summed E-state index contributed by atoms with van der Waals surface area (Å²) in [6, 6.07) is 0.467.